The number of aromatic nitrogens is 2. The molecule has 2 N–H and O–H groups in total. The summed E-state index contributed by atoms with van der Waals surface area (Å²) in [5, 5.41) is 6.46. The average molecular weight is 418 g/mol. The van der Waals surface area contributed by atoms with Crippen molar-refractivity contribution in [3.63, 3.8) is 0 Å². The summed E-state index contributed by atoms with van der Waals surface area (Å²) in [7, 11) is -3.48. The van der Waals surface area contributed by atoms with Gasteiger partial charge in [0.05, 0.1) is 17.6 Å². The lowest BCUT2D eigenvalue weighted by atomic mass is 10.1. The van der Waals surface area contributed by atoms with Crippen molar-refractivity contribution < 1.29 is 22.1 Å². The molecular formula is C19H19FN4O4S. The van der Waals surface area contributed by atoms with Gasteiger partial charge in [-0.2, -0.15) is 4.98 Å². The highest BCUT2D eigenvalue weighted by molar-refractivity contribution is 7.92. The number of nitrogens with zero attached hydrogens (tertiary/aromatic N) is 2. The normalized spacial score (nSPS) is 11.3. The van der Waals surface area contributed by atoms with Gasteiger partial charge in [0.2, 0.25) is 27.6 Å². The SMILES string of the molecule is Cc1ccc(-c2noc(CCC(=O)Nc3ccccc3NS(C)(=O)=O)n2)cc1F. The smallest absolute Gasteiger partial charge is 0.229 e. The second kappa shape index (κ2) is 8.39. The van der Waals surface area contributed by atoms with E-state index in [-0.39, 0.29) is 42.0 Å². The van der Waals surface area contributed by atoms with Gasteiger partial charge in [-0.25, -0.2) is 12.8 Å². The van der Waals surface area contributed by atoms with Crippen molar-refractivity contribution in [3.05, 3.63) is 59.7 Å². The lowest BCUT2D eigenvalue weighted by molar-refractivity contribution is -0.116. The summed E-state index contributed by atoms with van der Waals surface area (Å²) in [5.41, 5.74) is 1.60. The van der Waals surface area contributed by atoms with Crippen LogP contribution < -0.4 is 10.0 Å². The molecule has 1 amide bonds. The summed E-state index contributed by atoms with van der Waals surface area (Å²) >= 11 is 0. The number of nitrogens with one attached hydrogen (secondary N) is 2. The van der Waals surface area contributed by atoms with E-state index < -0.39 is 10.0 Å². The molecule has 1 heterocycles. The van der Waals surface area contributed by atoms with Gasteiger partial charge in [-0.1, -0.05) is 29.4 Å². The first kappa shape index (κ1) is 20.5. The van der Waals surface area contributed by atoms with E-state index in [2.05, 4.69) is 20.2 Å². The lowest BCUT2D eigenvalue weighted by Crippen LogP contribution is -2.16. The van der Waals surface area contributed by atoms with Crippen molar-refractivity contribution >= 4 is 27.3 Å². The molecule has 2 aromatic carbocycles. The first-order chi connectivity index (χ1) is 13.7. The van der Waals surface area contributed by atoms with E-state index in [9.17, 15) is 17.6 Å². The molecule has 0 saturated carbocycles. The lowest BCUT2D eigenvalue weighted by Gasteiger charge is -2.11. The maximum Gasteiger partial charge on any atom is 0.229 e. The number of aryl methyl sites for hydroxylation is 2. The Kier molecular flexibility index (Phi) is 5.92. The molecule has 10 heteroatoms. The molecule has 0 radical (unpaired) electrons. The van der Waals surface area contributed by atoms with E-state index >= 15 is 0 Å². The van der Waals surface area contributed by atoms with Crippen molar-refractivity contribution in [2.75, 3.05) is 16.3 Å². The van der Waals surface area contributed by atoms with E-state index in [4.69, 9.17) is 4.52 Å². The van der Waals surface area contributed by atoms with Gasteiger partial charge >= 0.3 is 0 Å². The fourth-order valence-electron chi connectivity index (χ4n) is 2.52. The minimum absolute atomic E-state index is 0.0388. The topological polar surface area (TPSA) is 114 Å². The third-order valence-corrected chi connectivity index (χ3v) is 4.55. The highest BCUT2D eigenvalue weighted by atomic mass is 32.2. The van der Waals surface area contributed by atoms with Crippen molar-refractivity contribution in [2.45, 2.75) is 19.8 Å². The number of para-hydroxylation sites is 2. The maximum atomic E-state index is 13.7. The number of rotatable bonds is 7. The summed E-state index contributed by atoms with van der Waals surface area (Å²) in [5.74, 6) is -0.246. The van der Waals surface area contributed by atoms with Gasteiger partial charge in [-0.05, 0) is 30.7 Å². The van der Waals surface area contributed by atoms with Crippen molar-refractivity contribution in [3.8, 4) is 11.4 Å². The van der Waals surface area contributed by atoms with Crippen molar-refractivity contribution in [1.82, 2.24) is 10.1 Å². The van der Waals surface area contributed by atoms with Gasteiger partial charge in [0.1, 0.15) is 5.82 Å². The van der Waals surface area contributed by atoms with Crippen LogP contribution >= 0.6 is 0 Å². The standard InChI is InChI=1S/C19H19FN4O4S/c1-12-7-8-13(11-14(12)20)19-22-18(28-23-19)10-9-17(25)21-15-5-3-4-6-16(15)24-29(2,26)27/h3-8,11,24H,9-10H2,1-2H3,(H,21,25). The second-order valence-electron chi connectivity index (χ2n) is 6.44. The molecule has 0 aliphatic carbocycles. The molecule has 0 bridgehead atoms. The van der Waals surface area contributed by atoms with Gasteiger partial charge in [0, 0.05) is 18.4 Å². The first-order valence-electron chi connectivity index (χ1n) is 8.67. The highest BCUT2D eigenvalue weighted by Crippen LogP contribution is 2.23. The van der Waals surface area contributed by atoms with Crippen LogP contribution in [0, 0.1) is 12.7 Å². The number of benzene rings is 2. The van der Waals surface area contributed by atoms with E-state index in [0.717, 1.165) is 6.26 Å². The molecule has 0 saturated heterocycles. The quantitative estimate of drug-likeness (QED) is 0.609. The minimum atomic E-state index is -3.48. The number of halogens is 1. The fraction of sp³-hybridized carbons (Fsp3) is 0.211. The number of sulfonamides is 1. The monoisotopic (exact) mass is 418 g/mol. The zero-order valence-corrected chi connectivity index (χ0v) is 16.6. The molecule has 8 nitrogen and oxygen atoms in total. The molecule has 152 valence electrons. The third kappa shape index (κ3) is 5.61. The Labute approximate surface area is 167 Å². The molecule has 1 aromatic heterocycles. The Balaban J connectivity index is 1.62. The van der Waals surface area contributed by atoms with Crippen LogP contribution in [-0.4, -0.2) is 30.7 Å². The predicted molar refractivity (Wildman–Crippen MR) is 106 cm³/mol. The number of hydrogen-bond acceptors (Lipinski definition) is 6. The Morgan fingerprint density at radius 2 is 1.90 bits per heavy atom. The molecule has 0 fully saturated rings. The molecule has 29 heavy (non-hydrogen) atoms. The van der Waals surface area contributed by atoms with Gasteiger partial charge in [0.25, 0.3) is 0 Å². The summed E-state index contributed by atoms with van der Waals surface area (Å²) < 4.78 is 44.0. The number of carbonyl (C=O) groups excluding carboxylic acids is 1. The fourth-order valence-corrected chi connectivity index (χ4v) is 3.10. The van der Waals surface area contributed by atoms with Crippen LogP contribution in [0.25, 0.3) is 11.4 Å². The summed E-state index contributed by atoms with van der Waals surface area (Å²) in [6.45, 7) is 1.66. The van der Waals surface area contributed by atoms with Crippen LogP contribution in [0.1, 0.15) is 17.9 Å². The molecule has 3 aromatic rings. The largest absolute Gasteiger partial charge is 0.339 e. The predicted octanol–water partition coefficient (Wildman–Crippen LogP) is 3.13. The van der Waals surface area contributed by atoms with Gasteiger partial charge < -0.3 is 9.84 Å². The molecule has 0 aliphatic rings. The van der Waals surface area contributed by atoms with Crippen LogP contribution in [0.5, 0.6) is 0 Å². The Morgan fingerprint density at radius 1 is 1.17 bits per heavy atom. The van der Waals surface area contributed by atoms with Crippen LogP contribution in [0.15, 0.2) is 47.0 Å². The summed E-state index contributed by atoms with van der Waals surface area (Å²) in [6, 6.07) is 11.1. The number of hydrogen-bond donors (Lipinski definition) is 2. The van der Waals surface area contributed by atoms with E-state index in [1.165, 1.54) is 6.07 Å². The zero-order chi connectivity index (χ0) is 21.0. The Morgan fingerprint density at radius 3 is 2.59 bits per heavy atom. The molecule has 0 unspecified atom stereocenters. The molecule has 3 rings (SSSR count). The summed E-state index contributed by atoms with van der Waals surface area (Å²) in [6.07, 6.45) is 1.24. The van der Waals surface area contributed by atoms with Crippen LogP contribution in [-0.2, 0) is 21.2 Å². The van der Waals surface area contributed by atoms with E-state index in [1.54, 1.807) is 43.3 Å². The Bertz CT molecular complexity index is 1140. The van der Waals surface area contributed by atoms with Crippen LogP contribution in [0.3, 0.4) is 0 Å². The molecule has 0 atom stereocenters. The zero-order valence-electron chi connectivity index (χ0n) is 15.8. The average Bonchev–Trinajstić information content (AvgIpc) is 3.12. The van der Waals surface area contributed by atoms with Gasteiger partial charge in [0.15, 0.2) is 0 Å². The molecule has 0 aliphatic heterocycles. The molecular weight excluding hydrogens is 399 g/mol. The van der Waals surface area contributed by atoms with Gasteiger partial charge in [-0.15, -0.1) is 0 Å². The van der Waals surface area contributed by atoms with E-state index in [0.29, 0.717) is 16.8 Å². The minimum Gasteiger partial charge on any atom is -0.339 e. The second-order valence-corrected chi connectivity index (χ2v) is 8.19. The van der Waals surface area contributed by atoms with Crippen LogP contribution in [0.4, 0.5) is 15.8 Å². The highest BCUT2D eigenvalue weighted by Gasteiger charge is 2.14. The van der Waals surface area contributed by atoms with Crippen molar-refractivity contribution in [2.24, 2.45) is 0 Å². The number of amides is 1. The van der Waals surface area contributed by atoms with Crippen LogP contribution in [0.2, 0.25) is 0 Å². The number of anilines is 2. The molecule has 0 spiro atoms. The van der Waals surface area contributed by atoms with Crippen molar-refractivity contribution in [1.29, 1.82) is 0 Å². The maximum absolute atomic E-state index is 13.7. The van der Waals surface area contributed by atoms with E-state index in [1.807, 2.05) is 0 Å². The Hall–Kier alpha value is -3.27. The number of carbonyl (C=O) groups is 1. The summed E-state index contributed by atoms with van der Waals surface area (Å²) in [4.78, 5) is 16.4. The third-order valence-electron chi connectivity index (χ3n) is 3.96. The first-order valence-corrected chi connectivity index (χ1v) is 10.6. The van der Waals surface area contributed by atoms with Gasteiger partial charge in [-0.3, -0.25) is 9.52 Å².